The molecule has 1 N–H and O–H groups in total. The number of amides is 1. The highest BCUT2D eigenvalue weighted by Crippen LogP contribution is 2.37. The van der Waals surface area contributed by atoms with Gasteiger partial charge >= 0.3 is 6.09 Å². The maximum atomic E-state index is 14.2. The van der Waals surface area contributed by atoms with Crippen molar-refractivity contribution in [3.05, 3.63) is 40.5 Å². The number of rotatable bonds is 2. The van der Waals surface area contributed by atoms with E-state index in [1.54, 1.807) is 23.2 Å². The molecule has 2 aromatic rings. The van der Waals surface area contributed by atoms with Gasteiger partial charge in [0.15, 0.2) is 0 Å². The van der Waals surface area contributed by atoms with Gasteiger partial charge in [-0.15, -0.1) is 0 Å². The Hall–Kier alpha value is -1.89. The van der Waals surface area contributed by atoms with Crippen molar-refractivity contribution in [1.29, 1.82) is 0 Å². The molecule has 7 heteroatoms. The lowest BCUT2D eigenvalue weighted by atomic mass is 10.1. The molecular weight excluding hydrogens is 401 g/mol. The number of halogens is 2. The van der Waals surface area contributed by atoms with Crippen LogP contribution in [0, 0.1) is 5.82 Å². The van der Waals surface area contributed by atoms with Gasteiger partial charge in [0.25, 0.3) is 0 Å². The highest BCUT2D eigenvalue weighted by Gasteiger charge is 2.39. The van der Waals surface area contributed by atoms with Gasteiger partial charge in [0.05, 0.1) is 17.9 Å². The first-order chi connectivity index (χ1) is 12.2. The summed E-state index contributed by atoms with van der Waals surface area (Å²) in [5.41, 5.74) is 0.481. The number of aromatic amines is 1. The summed E-state index contributed by atoms with van der Waals surface area (Å²) in [5.74, 6) is 0.316. The summed E-state index contributed by atoms with van der Waals surface area (Å²) in [6.07, 6.45) is 2.92. The van der Waals surface area contributed by atoms with Crippen molar-refractivity contribution in [2.24, 2.45) is 0 Å². The molecule has 0 bridgehead atoms. The maximum absolute atomic E-state index is 14.2. The van der Waals surface area contributed by atoms with Crippen LogP contribution >= 0.6 is 15.9 Å². The third-order valence-electron chi connectivity index (χ3n) is 4.41. The normalized spacial score (nSPS) is 20.5. The summed E-state index contributed by atoms with van der Waals surface area (Å²) in [6, 6.07) is 4.75. The van der Waals surface area contributed by atoms with E-state index in [9.17, 15) is 9.18 Å². The fraction of sp³-hybridized carbons (Fsp3) is 0.474. The van der Waals surface area contributed by atoms with Crippen LogP contribution in [0.15, 0.2) is 28.9 Å². The Bertz CT molecular complexity index is 815. The van der Waals surface area contributed by atoms with Crippen LogP contribution in [0.2, 0.25) is 0 Å². The van der Waals surface area contributed by atoms with E-state index in [1.165, 1.54) is 6.07 Å². The molecule has 5 nitrogen and oxygen atoms in total. The molecule has 1 fully saturated rings. The zero-order chi connectivity index (χ0) is 19.1. The van der Waals surface area contributed by atoms with Gasteiger partial charge in [-0.05, 0) is 58.7 Å². The molecule has 26 heavy (non-hydrogen) atoms. The number of likely N-dealkylation sites (tertiary alicyclic amines) is 1. The fourth-order valence-electron chi connectivity index (χ4n) is 3.23. The average molecular weight is 424 g/mol. The highest BCUT2D eigenvalue weighted by molar-refractivity contribution is 9.10. The molecule has 1 amide bonds. The van der Waals surface area contributed by atoms with Crippen molar-refractivity contribution in [3.8, 4) is 11.3 Å². The molecule has 1 unspecified atom stereocenters. The minimum atomic E-state index is -0.557. The predicted molar refractivity (Wildman–Crippen MR) is 101 cm³/mol. The quantitative estimate of drug-likeness (QED) is 0.699. The number of nitrogens with zero attached hydrogens (tertiary/aromatic N) is 2. The van der Waals surface area contributed by atoms with Gasteiger partial charge < -0.3 is 9.72 Å². The molecule has 1 aliphatic rings. The summed E-state index contributed by atoms with van der Waals surface area (Å²) >= 11 is 3.26. The molecule has 0 saturated carbocycles. The average Bonchev–Trinajstić information content (AvgIpc) is 3.12. The third-order valence-corrected chi connectivity index (χ3v) is 4.90. The van der Waals surface area contributed by atoms with E-state index in [4.69, 9.17) is 4.74 Å². The number of imidazole rings is 1. The fourth-order valence-corrected chi connectivity index (χ4v) is 3.56. The molecule has 1 aromatic carbocycles. The number of ether oxygens (including phenoxy) is 1. The molecule has 140 valence electrons. The van der Waals surface area contributed by atoms with Crippen molar-refractivity contribution in [3.63, 3.8) is 0 Å². The van der Waals surface area contributed by atoms with Gasteiger partial charge in [-0.1, -0.05) is 15.9 Å². The number of hydrogen-bond acceptors (Lipinski definition) is 3. The Morgan fingerprint density at radius 1 is 1.38 bits per heavy atom. The van der Waals surface area contributed by atoms with Crippen LogP contribution in [-0.4, -0.2) is 32.6 Å². The number of hydrogen-bond donors (Lipinski definition) is 1. The number of aromatic nitrogens is 2. The number of carbonyl (C=O) groups excluding carboxylic acids is 1. The lowest BCUT2D eigenvalue weighted by Gasteiger charge is -2.30. The zero-order valence-electron chi connectivity index (χ0n) is 15.3. The standard InChI is InChI=1S/C19H23BrFN3O2/c1-11-5-8-16(24(11)18(25)26-19(2,3)4)17-22-10-15(23-17)13-7-6-12(20)9-14(13)21/h6-7,9-11,16H,5,8H2,1-4H3,(H,22,23)/t11-,16?/m0/s1. The van der Waals surface area contributed by atoms with Crippen molar-refractivity contribution in [2.45, 2.75) is 58.2 Å². The first-order valence-electron chi connectivity index (χ1n) is 8.67. The Labute approximate surface area is 161 Å². The maximum Gasteiger partial charge on any atom is 0.411 e. The molecule has 1 aliphatic heterocycles. The lowest BCUT2D eigenvalue weighted by molar-refractivity contribution is 0.0152. The second-order valence-electron chi connectivity index (χ2n) is 7.64. The molecule has 0 radical (unpaired) electrons. The summed E-state index contributed by atoms with van der Waals surface area (Å²) in [4.78, 5) is 22.0. The second-order valence-corrected chi connectivity index (χ2v) is 8.55. The SMILES string of the molecule is C[C@H]1CCC(c2ncc(-c3ccc(Br)cc3F)[nH]2)N1C(=O)OC(C)(C)C. The largest absolute Gasteiger partial charge is 0.444 e. The summed E-state index contributed by atoms with van der Waals surface area (Å²) in [7, 11) is 0. The number of nitrogens with one attached hydrogen (secondary N) is 1. The molecule has 0 aliphatic carbocycles. The Kier molecular flexibility index (Phi) is 5.10. The third kappa shape index (κ3) is 3.92. The van der Waals surface area contributed by atoms with E-state index in [0.29, 0.717) is 21.6 Å². The predicted octanol–water partition coefficient (Wildman–Crippen LogP) is 5.44. The van der Waals surface area contributed by atoms with Crippen LogP contribution in [0.25, 0.3) is 11.3 Å². The van der Waals surface area contributed by atoms with Crippen LogP contribution in [0.5, 0.6) is 0 Å². The number of H-pyrrole nitrogens is 1. The molecule has 3 rings (SSSR count). The van der Waals surface area contributed by atoms with Gasteiger partial charge in [0, 0.05) is 16.1 Å². The van der Waals surface area contributed by atoms with Crippen molar-refractivity contribution in [1.82, 2.24) is 14.9 Å². The minimum Gasteiger partial charge on any atom is -0.444 e. The van der Waals surface area contributed by atoms with Gasteiger partial charge in [-0.25, -0.2) is 14.2 Å². The molecular formula is C19H23BrFN3O2. The van der Waals surface area contributed by atoms with E-state index in [2.05, 4.69) is 25.9 Å². The van der Waals surface area contributed by atoms with E-state index in [1.807, 2.05) is 27.7 Å². The van der Waals surface area contributed by atoms with E-state index >= 15 is 0 Å². The van der Waals surface area contributed by atoms with Gasteiger partial charge in [-0.3, -0.25) is 4.90 Å². The molecule has 1 saturated heterocycles. The van der Waals surface area contributed by atoms with Crippen LogP contribution in [0.3, 0.4) is 0 Å². The Balaban J connectivity index is 1.86. The molecule has 0 spiro atoms. The molecule has 1 aromatic heterocycles. The lowest BCUT2D eigenvalue weighted by Crippen LogP contribution is -2.40. The van der Waals surface area contributed by atoms with Crippen molar-refractivity contribution < 1.29 is 13.9 Å². The smallest absolute Gasteiger partial charge is 0.411 e. The van der Waals surface area contributed by atoms with E-state index in [-0.39, 0.29) is 24.0 Å². The topological polar surface area (TPSA) is 58.2 Å². The zero-order valence-corrected chi connectivity index (χ0v) is 16.9. The Morgan fingerprint density at radius 2 is 2.12 bits per heavy atom. The van der Waals surface area contributed by atoms with Crippen molar-refractivity contribution >= 4 is 22.0 Å². The number of benzene rings is 1. The Morgan fingerprint density at radius 3 is 2.77 bits per heavy atom. The number of carbonyl (C=O) groups is 1. The molecule has 2 heterocycles. The van der Waals surface area contributed by atoms with Crippen LogP contribution in [-0.2, 0) is 4.74 Å². The first-order valence-corrected chi connectivity index (χ1v) is 9.46. The van der Waals surface area contributed by atoms with Gasteiger partial charge in [0.1, 0.15) is 17.2 Å². The van der Waals surface area contributed by atoms with Crippen molar-refractivity contribution in [2.75, 3.05) is 0 Å². The first kappa shape index (κ1) is 18.9. The van der Waals surface area contributed by atoms with Gasteiger partial charge in [0.2, 0.25) is 0 Å². The van der Waals surface area contributed by atoms with Crippen LogP contribution in [0.1, 0.15) is 52.4 Å². The minimum absolute atomic E-state index is 0.0628. The van der Waals surface area contributed by atoms with E-state index in [0.717, 1.165) is 12.8 Å². The summed E-state index contributed by atoms with van der Waals surface area (Å²) in [5, 5.41) is 0. The summed E-state index contributed by atoms with van der Waals surface area (Å²) in [6.45, 7) is 7.55. The molecule has 2 atom stereocenters. The highest BCUT2D eigenvalue weighted by atomic mass is 79.9. The van der Waals surface area contributed by atoms with Crippen LogP contribution in [0.4, 0.5) is 9.18 Å². The van der Waals surface area contributed by atoms with Crippen LogP contribution < -0.4 is 0 Å². The summed E-state index contributed by atoms with van der Waals surface area (Å²) < 4.78 is 20.4. The van der Waals surface area contributed by atoms with Gasteiger partial charge in [-0.2, -0.15) is 0 Å². The monoisotopic (exact) mass is 423 g/mol. The van der Waals surface area contributed by atoms with E-state index < -0.39 is 5.60 Å². The second kappa shape index (κ2) is 7.02.